The maximum atomic E-state index is 12.6. The molecule has 0 saturated heterocycles. The Kier molecular flexibility index (Phi) is 3.19. The molecule has 6 nitrogen and oxygen atoms in total. The van der Waals surface area contributed by atoms with E-state index < -0.39 is 0 Å². The van der Waals surface area contributed by atoms with Gasteiger partial charge >= 0.3 is 0 Å². The molecule has 6 heteroatoms. The fourth-order valence-electron chi connectivity index (χ4n) is 3.29. The van der Waals surface area contributed by atoms with Crippen molar-refractivity contribution in [3.63, 3.8) is 0 Å². The molecule has 120 valence electrons. The molecular formula is C18H17N5O. The summed E-state index contributed by atoms with van der Waals surface area (Å²) in [5, 5.41) is 0.599. The maximum absolute atomic E-state index is 12.6. The van der Waals surface area contributed by atoms with E-state index >= 15 is 0 Å². The normalized spacial score (nSPS) is 14.0. The van der Waals surface area contributed by atoms with Gasteiger partial charge in [0.15, 0.2) is 11.4 Å². The Morgan fingerprint density at radius 2 is 1.71 bits per heavy atom. The number of hydrogen-bond donors (Lipinski definition) is 2. The largest absolute Gasteiger partial charge is 0.383 e. The highest BCUT2D eigenvalue weighted by Crippen LogP contribution is 2.38. The Morgan fingerprint density at radius 1 is 0.958 bits per heavy atom. The van der Waals surface area contributed by atoms with Crippen LogP contribution >= 0.6 is 0 Å². The van der Waals surface area contributed by atoms with Gasteiger partial charge in [-0.15, -0.1) is 0 Å². The second kappa shape index (κ2) is 5.26. The standard InChI is InChI=1S/C18H17N5O/c1-9-5-7-10(8-6-9)13-14-11(3-2-4-12(14)24)21-17-15(13)16(19)22-18(20)23-17/h5-8H,2-4H2,1H3,(H4,19,20,21,22,23). The molecule has 2 aromatic heterocycles. The molecule has 0 bridgehead atoms. The van der Waals surface area contributed by atoms with Gasteiger partial charge in [0, 0.05) is 17.5 Å². The smallest absolute Gasteiger partial charge is 0.224 e. The lowest BCUT2D eigenvalue weighted by atomic mass is 9.86. The van der Waals surface area contributed by atoms with Gasteiger partial charge in [0.05, 0.1) is 11.1 Å². The van der Waals surface area contributed by atoms with E-state index in [1.54, 1.807) is 0 Å². The summed E-state index contributed by atoms with van der Waals surface area (Å²) in [5.74, 6) is 0.434. The molecule has 1 aliphatic rings. The van der Waals surface area contributed by atoms with Crippen LogP contribution in [0.1, 0.15) is 34.5 Å². The van der Waals surface area contributed by atoms with Gasteiger partial charge in [-0.05, 0) is 25.3 Å². The fourth-order valence-corrected chi connectivity index (χ4v) is 3.29. The predicted molar refractivity (Wildman–Crippen MR) is 93.6 cm³/mol. The van der Waals surface area contributed by atoms with Crippen LogP contribution in [0.3, 0.4) is 0 Å². The van der Waals surface area contributed by atoms with Crippen LogP contribution in [-0.2, 0) is 6.42 Å². The van der Waals surface area contributed by atoms with Gasteiger partial charge in [0.25, 0.3) is 0 Å². The van der Waals surface area contributed by atoms with Gasteiger partial charge in [-0.25, -0.2) is 4.98 Å². The second-order valence-corrected chi connectivity index (χ2v) is 6.12. The highest BCUT2D eigenvalue weighted by atomic mass is 16.1. The summed E-state index contributed by atoms with van der Waals surface area (Å²) in [6.07, 6.45) is 2.07. The van der Waals surface area contributed by atoms with E-state index in [4.69, 9.17) is 11.5 Å². The molecular weight excluding hydrogens is 302 g/mol. The summed E-state index contributed by atoms with van der Waals surface area (Å²) < 4.78 is 0. The van der Waals surface area contributed by atoms with Crippen molar-refractivity contribution in [2.24, 2.45) is 0 Å². The molecule has 0 aliphatic heterocycles. The number of carbonyl (C=O) groups excluding carboxylic acids is 1. The van der Waals surface area contributed by atoms with Gasteiger partial charge in [0.1, 0.15) is 5.82 Å². The lowest BCUT2D eigenvalue weighted by Gasteiger charge is -2.20. The zero-order chi connectivity index (χ0) is 16.8. The third-order valence-corrected chi connectivity index (χ3v) is 4.40. The number of nitrogens with zero attached hydrogens (tertiary/aromatic N) is 3. The van der Waals surface area contributed by atoms with Crippen LogP contribution in [-0.4, -0.2) is 20.7 Å². The monoisotopic (exact) mass is 319 g/mol. The number of Topliss-reactive ketones (excluding diaryl/α,β-unsaturated/α-hetero) is 1. The number of carbonyl (C=O) groups is 1. The van der Waals surface area contributed by atoms with Gasteiger partial charge in [0.2, 0.25) is 5.95 Å². The highest BCUT2D eigenvalue weighted by molar-refractivity contribution is 6.13. The summed E-state index contributed by atoms with van der Waals surface area (Å²) in [6, 6.07) is 8.00. The second-order valence-electron chi connectivity index (χ2n) is 6.12. The summed E-state index contributed by atoms with van der Waals surface area (Å²) in [4.78, 5) is 25.5. The number of aryl methyl sites for hydroxylation is 2. The van der Waals surface area contributed by atoms with Crippen molar-refractivity contribution in [1.82, 2.24) is 15.0 Å². The van der Waals surface area contributed by atoms with Crippen molar-refractivity contribution < 1.29 is 4.79 Å². The summed E-state index contributed by atoms with van der Waals surface area (Å²) >= 11 is 0. The zero-order valence-corrected chi connectivity index (χ0v) is 13.3. The number of aromatic nitrogens is 3. The number of rotatable bonds is 1. The number of anilines is 2. The molecule has 1 aromatic carbocycles. The molecule has 0 unspecified atom stereocenters. The van der Waals surface area contributed by atoms with Gasteiger partial charge in [-0.2, -0.15) is 9.97 Å². The number of ketones is 1. The maximum Gasteiger partial charge on any atom is 0.224 e. The van der Waals surface area contributed by atoms with E-state index in [-0.39, 0.29) is 17.5 Å². The van der Waals surface area contributed by atoms with E-state index in [1.807, 2.05) is 31.2 Å². The number of nitrogen functional groups attached to an aromatic ring is 2. The topological polar surface area (TPSA) is 108 Å². The minimum Gasteiger partial charge on any atom is -0.383 e. The molecule has 0 fully saturated rings. The molecule has 4 rings (SSSR count). The lowest BCUT2D eigenvalue weighted by molar-refractivity contribution is 0.0972. The van der Waals surface area contributed by atoms with Gasteiger partial charge in [-0.1, -0.05) is 29.8 Å². The van der Waals surface area contributed by atoms with Crippen LogP contribution in [0.2, 0.25) is 0 Å². The third-order valence-electron chi connectivity index (χ3n) is 4.40. The van der Waals surface area contributed by atoms with Crippen molar-refractivity contribution in [2.45, 2.75) is 26.2 Å². The third kappa shape index (κ3) is 2.19. The number of nitrogens with two attached hydrogens (primary N) is 2. The summed E-state index contributed by atoms with van der Waals surface area (Å²) in [5.41, 5.74) is 16.6. The van der Waals surface area contributed by atoms with E-state index in [0.29, 0.717) is 23.0 Å². The average Bonchev–Trinajstić information content (AvgIpc) is 2.54. The number of benzene rings is 1. The molecule has 24 heavy (non-hydrogen) atoms. The van der Waals surface area contributed by atoms with E-state index in [1.165, 1.54) is 0 Å². The Bertz CT molecular complexity index is 979. The zero-order valence-electron chi connectivity index (χ0n) is 13.3. The van der Waals surface area contributed by atoms with Crippen molar-refractivity contribution in [3.8, 4) is 11.1 Å². The van der Waals surface area contributed by atoms with Crippen molar-refractivity contribution in [1.29, 1.82) is 0 Å². The molecule has 0 spiro atoms. The molecule has 0 saturated carbocycles. The molecule has 1 aliphatic carbocycles. The van der Waals surface area contributed by atoms with Crippen LogP contribution in [0.15, 0.2) is 24.3 Å². The molecule has 4 N–H and O–H groups in total. The van der Waals surface area contributed by atoms with Crippen LogP contribution < -0.4 is 11.5 Å². The molecule has 3 aromatic rings. The quantitative estimate of drug-likeness (QED) is 0.714. The molecule has 0 radical (unpaired) electrons. The van der Waals surface area contributed by atoms with E-state index in [0.717, 1.165) is 35.2 Å². The van der Waals surface area contributed by atoms with Crippen molar-refractivity contribution >= 4 is 28.6 Å². The van der Waals surface area contributed by atoms with Crippen LogP contribution in [0.4, 0.5) is 11.8 Å². The molecule has 2 heterocycles. The minimum atomic E-state index is 0.0874. The summed E-state index contributed by atoms with van der Waals surface area (Å²) in [6.45, 7) is 2.02. The number of pyridine rings is 1. The molecule has 0 amide bonds. The van der Waals surface area contributed by atoms with Gasteiger partial charge < -0.3 is 11.5 Å². The first-order valence-electron chi connectivity index (χ1n) is 7.90. The predicted octanol–water partition coefficient (Wildman–Crippen LogP) is 2.68. The van der Waals surface area contributed by atoms with E-state index in [2.05, 4.69) is 15.0 Å². The first-order chi connectivity index (χ1) is 11.5. The Balaban J connectivity index is 2.17. The Hall–Kier alpha value is -3.02. The van der Waals surface area contributed by atoms with Gasteiger partial charge in [-0.3, -0.25) is 4.79 Å². The van der Waals surface area contributed by atoms with Crippen LogP contribution in [0.5, 0.6) is 0 Å². The van der Waals surface area contributed by atoms with E-state index in [9.17, 15) is 4.79 Å². The highest BCUT2D eigenvalue weighted by Gasteiger charge is 2.27. The number of fused-ring (bicyclic) bond motifs is 2. The van der Waals surface area contributed by atoms with Crippen LogP contribution in [0.25, 0.3) is 22.2 Å². The first-order valence-corrected chi connectivity index (χ1v) is 7.90. The van der Waals surface area contributed by atoms with Crippen molar-refractivity contribution in [2.75, 3.05) is 11.5 Å². The van der Waals surface area contributed by atoms with Crippen molar-refractivity contribution in [3.05, 3.63) is 41.1 Å². The molecule has 0 atom stereocenters. The lowest BCUT2D eigenvalue weighted by Crippen LogP contribution is -2.16. The number of hydrogen-bond acceptors (Lipinski definition) is 6. The Morgan fingerprint density at radius 3 is 2.46 bits per heavy atom. The average molecular weight is 319 g/mol. The SMILES string of the molecule is Cc1ccc(-c2c3c(nc4nc(N)nc(N)c24)CCCC3=O)cc1. The fraction of sp³-hybridized carbons (Fsp3) is 0.222. The Labute approximate surface area is 138 Å². The first kappa shape index (κ1) is 14.6. The summed E-state index contributed by atoms with van der Waals surface area (Å²) in [7, 11) is 0. The van der Waals surface area contributed by atoms with Crippen LogP contribution in [0, 0.1) is 6.92 Å². The minimum absolute atomic E-state index is 0.0874.